The molecule has 2 rings (SSSR count). The molecule has 0 aromatic rings. The Morgan fingerprint density at radius 2 is 1.33 bits per heavy atom. The smallest absolute Gasteiger partial charge is 0.187 e. The summed E-state index contributed by atoms with van der Waals surface area (Å²) in [7, 11) is 0. The second kappa shape index (κ2) is 6.79. The van der Waals surface area contributed by atoms with E-state index in [-0.39, 0.29) is 0 Å². The lowest BCUT2D eigenvalue weighted by molar-refractivity contribution is -0.318. The van der Waals surface area contributed by atoms with Crippen molar-refractivity contribution in [3.05, 3.63) is 0 Å². The number of hydrogen-bond acceptors (Lipinski definition) is 10. The first-order valence-electron chi connectivity index (χ1n) is 6.49. The van der Waals surface area contributed by atoms with Gasteiger partial charge in [-0.05, 0) is 0 Å². The fourth-order valence-corrected chi connectivity index (χ4v) is 2.37. The van der Waals surface area contributed by atoms with Crippen molar-refractivity contribution in [3.8, 4) is 0 Å². The third-order valence-electron chi connectivity index (χ3n) is 3.63. The van der Waals surface area contributed by atoms with Gasteiger partial charge < -0.3 is 50.0 Å². The molecule has 2 heterocycles. The molecule has 9 atom stereocenters. The van der Waals surface area contributed by atoms with Gasteiger partial charge in [0.25, 0.3) is 0 Å². The van der Waals surface area contributed by atoms with Gasteiger partial charge in [0, 0.05) is 0 Å². The van der Waals surface area contributed by atoms with E-state index in [0.29, 0.717) is 0 Å². The van der Waals surface area contributed by atoms with Crippen LogP contribution in [0.15, 0.2) is 0 Å². The molecular weight excluding hydrogens is 292 g/mol. The van der Waals surface area contributed by atoms with E-state index >= 15 is 0 Å². The lowest BCUT2D eigenvalue weighted by Gasteiger charge is -2.41. The number of rotatable bonds is 4. The largest absolute Gasteiger partial charge is 0.394 e. The van der Waals surface area contributed by atoms with E-state index in [2.05, 4.69) is 0 Å². The molecule has 0 amide bonds. The minimum Gasteiger partial charge on any atom is -0.394 e. The molecule has 2 aliphatic rings. The molecule has 0 aromatic heterocycles. The topological polar surface area (TPSA) is 169 Å². The van der Waals surface area contributed by atoms with Gasteiger partial charge in [-0.3, -0.25) is 0 Å². The first kappa shape index (κ1) is 17.0. The highest BCUT2D eigenvalue weighted by molar-refractivity contribution is 4.92. The van der Waals surface area contributed by atoms with Crippen LogP contribution in [0.5, 0.6) is 0 Å². The third-order valence-corrected chi connectivity index (χ3v) is 3.63. The molecule has 0 aliphatic carbocycles. The molecule has 2 saturated heterocycles. The molecule has 9 unspecified atom stereocenters. The van der Waals surface area contributed by atoms with Crippen LogP contribution in [-0.2, 0) is 14.2 Å². The van der Waals surface area contributed by atoms with Gasteiger partial charge in [0.05, 0.1) is 13.2 Å². The Hall–Kier alpha value is -0.400. The highest BCUT2D eigenvalue weighted by atomic mass is 16.7. The van der Waals surface area contributed by atoms with Crippen molar-refractivity contribution < 1.29 is 50.0 Å². The van der Waals surface area contributed by atoms with Crippen molar-refractivity contribution >= 4 is 0 Å². The monoisotopic (exact) mass is 312 g/mol. The van der Waals surface area contributed by atoms with Gasteiger partial charge >= 0.3 is 0 Å². The molecule has 0 saturated carbocycles. The van der Waals surface area contributed by atoms with E-state index in [4.69, 9.17) is 24.4 Å². The normalized spacial score (nSPS) is 51.3. The van der Waals surface area contributed by atoms with Crippen LogP contribution < -0.4 is 0 Å². The van der Waals surface area contributed by atoms with Crippen LogP contribution in [-0.4, -0.2) is 104 Å². The maximum atomic E-state index is 9.80. The Labute approximate surface area is 119 Å². The van der Waals surface area contributed by atoms with Crippen LogP contribution in [0.4, 0.5) is 0 Å². The summed E-state index contributed by atoms with van der Waals surface area (Å²) >= 11 is 0. The van der Waals surface area contributed by atoms with Gasteiger partial charge in [-0.1, -0.05) is 0 Å². The molecule has 7 N–H and O–H groups in total. The summed E-state index contributed by atoms with van der Waals surface area (Å²) < 4.78 is 15.2. The highest BCUT2D eigenvalue weighted by Gasteiger charge is 2.49. The van der Waals surface area contributed by atoms with Crippen LogP contribution >= 0.6 is 0 Å². The predicted molar refractivity (Wildman–Crippen MR) is 62.6 cm³/mol. The quantitative estimate of drug-likeness (QED) is 0.267. The van der Waals surface area contributed by atoms with Crippen molar-refractivity contribution in [2.45, 2.75) is 55.3 Å². The first-order valence-corrected chi connectivity index (χ1v) is 6.49. The summed E-state index contributed by atoms with van der Waals surface area (Å²) in [5.41, 5.74) is 0. The van der Waals surface area contributed by atoms with Gasteiger partial charge in [-0.25, -0.2) is 0 Å². The van der Waals surface area contributed by atoms with Gasteiger partial charge in [-0.2, -0.15) is 0 Å². The summed E-state index contributed by atoms with van der Waals surface area (Å²) in [6.45, 7) is -1.18. The highest BCUT2D eigenvalue weighted by Crippen LogP contribution is 2.28. The summed E-state index contributed by atoms with van der Waals surface area (Å²) in [5.74, 6) is 0. The van der Waals surface area contributed by atoms with Crippen molar-refractivity contribution in [1.82, 2.24) is 0 Å². The summed E-state index contributed by atoms with van der Waals surface area (Å²) in [4.78, 5) is 0. The van der Waals surface area contributed by atoms with Gasteiger partial charge in [0.1, 0.15) is 42.7 Å². The van der Waals surface area contributed by atoms with E-state index in [1.54, 1.807) is 0 Å². The maximum absolute atomic E-state index is 9.80. The molecule has 0 aromatic carbocycles. The van der Waals surface area contributed by atoms with Crippen LogP contribution in [0, 0.1) is 0 Å². The lowest BCUT2D eigenvalue weighted by atomic mass is 9.99. The van der Waals surface area contributed by atoms with Crippen LogP contribution in [0.1, 0.15) is 0 Å². The number of aliphatic hydroxyl groups is 7. The first-order chi connectivity index (χ1) is 9.90. The molecular formula is C11H20O10. The zero-order valence-corrected chi connectivity index (χ0v) is 11.0. The van der Waals surface area contributed by atoms with Gasteiger partial charge in [0.15, 0.2) is 12.6 Å². The Balaban J connectivity index is 2.07. The van der Waals surface area contributed by atoms with E-state index < -0.39 is 68.5 Å². The molecule has 0 spiro atoms. The molecule has 124 valence electrons. The summed E-state index contributed by atoms with van der Waals surface area (Å²) in [6, 6.07) is 0. The number of ether oxygens (including phenoxy) is 3. The predicted octanol–water partition coefficient (Wildman–Crippen LogP) is -4.76. The maximum Gasteiger partial charge on any atom is 0.187 e. The second-order valence-corrected chi connectivity index (χ2v) is 5.04. The molecule has 10 nitrogen and oxygen atoms in total. The summed E-state index contributed by atoms with van der Waals surface area (Å²) in [6.07, 6.45) is -12.8. The Morgan fingerprint density at radius 3 is 1.90 bits per heavy atom. The Kier molecular flexibility index (Phi) is 5.48. The second-order valence-electron chi connectivity index (χ2n) is 5.04. The fraction of sp³-hybridized carbons (Fsp3) is 1.00. The minimum absolute atomic E-state index is 0.559. The van der Waals surface area contributed by atoms with E-state index in [9.17, 15) is 25.5 Å². The standard InChI is InChI=1S/C11H20O10/c12-1-3-5(14)6(15)7(16)11(20-3)21-9-4(2-13)19-10(18)8(9)17/h3-18H,1-2H2. The van der Waals surface area contributed by atoms with Gasteiger partial charge in [0.2, 0.25) is 0 Å². The van der Waals surface area contributed by atoms with Crippen molar-refractivity contribution in [2.24, 2.45) is 0 Å². The minimum atomic E-state index is -1.65. The average Bonchev–Trinajstić information content (AvgIpc) is 2.75. The van der Waals surface area contributed by atoms with E-state index in [0.717, 1.165) is 0 Å². The van der Waals surface area contributed by atoms with Crippen LogP contribution in [0.2, 0.25) is 0 Å². The van der Waals surface area contributed by atoms with E-state index in [1.165, 1.54) is 0 Å². The third kappa shape index (κ3) is 3.19. The Morgan fingerprint density at radius 1 is 0.714 bits per heavy atom. The zero-order chi connectivity index (χ0) is 15.7. The lowest BCUT2D eigenvalue weighted by Crippen LogP contribution is -2.60. The van der Waals surface area contributed by atoms with Crippen molar-refractivity contribution in [1.29, 1.82) is 0 Å². The molecule has 2 aliphatic heterocycles. The Bertz CT molecular complexity index is 339. The SMILES string of the molecule is OCC1OC(OC2C(CO)OC(O)C2O)C(O)C(O)C1O. The fourth-order valence-electron chi connectivity index (χ4n) is 2.37. The number of aliphatic hydroxyl groups excluding tert-OH is 7. The molecule has 0 radical (unpaired) electrons. The van der Waals surface area contributed by atoms with Gasteiger partial charge in [-0.15, -0.1) is 0 Å². The zero-order valence-electron chi connectivity index (χ0n) is 11.0. The van der Waals surface area contributed by atoms with Crippen LogP contribution in [0.25, 0.3) is 0 Å². The van der Waals surface area contributed by atoms with E-state index in [1.807, 2.05) is 0 Å². The molecule has 0 bridgehead atoms. The molecule has 10 heteroatoms. The molecule has 2 fully saturated rings. The molecule has 21 heavy (non-hydrogen) atoms. The van der Waals surface area contributed by atoms with Crippen molar-refractivity contribution in [3.63, 3.8) is 0 Å². The number of hydrogen-bond donors (Lipinski definition) is 7. The summed E-state index contributed by atoms with van der Waals surface area (Å²) in [5, 5.41) is 66.3. The van der Waals surface area contributed by atoms with Crippen molar-refractivity contribution in [2.75, 3.05) is 13.2 Å². The van der Waals surface area contributed by atoms with Crippen LogP contribution in [0.3, 0.4) is 0 Å². The average molecular weight is 312 g/mol.